The molecule has 7 nitrogen and oxygen atoms in total. The van der Waals surface area contributed by atoms with Crippen LogP contribution in [0.1, 0.15) is 22.3 Å². The van der Waals surface area contributed by atoms with Crippen LogP contribution in [0.25, 0.3) is 33.3 Å². The minimum absolute atomic E-state index is 0.190. The number of ether oxygens (including phenoxy) is 3. The summed E-state index contributed by atoms with van der Waals surface area (Å²) >= 11 is 0. The molecule has 4 aromatic rings. The topological polar surface area (TPSA) is 90.8 Å². The van der Waals surface area contributed by atoms with E-state index in [-0.39, 0.29) is 12.2 Å². The van der Waals surface area contributed by atoms with Crippen LogP contribution in [0.2, 0.25) is 0 Å². The SMILES string of the molecule is COC(=O)c1c(OC)c(-c2ccc(-c3ccc(CCCO)cc3)cc2)nc2c(OC)cncc12. The van der Waals surface area contributed by atoms with Crippen molar-refractivity contribution in [1.29, 1.82) is 0 Å². The molecule has 0 fully saturated rings. The largest absolute Gasteiger partial charge is 0.494 e. The highest BCUT2D eigenvalue weighted by atomic mass is 16.5. The van der Waals surface area contributed by atoms with Gasteiger partial charge in [0.2, 0.25) is 0 Å². The first-order valence-electron chi connectivity index (χ1n) is 10.9. The zero-order valence-corrected chi connectivity index (χ0v) is 19.4. The Labute approximate surface area is 198 Å². The van der Waals surface area contributed by atoms with Gasteiger partial charge in [-0.1, -0.05) is 48.5 Å². The van der Waals surface area contributed by atoms with Crippen LogP contribution >= 0.6 is 0 Å². The van der Waals surface area contributed by atoms with Gasteiger partial charge < -0.3 is 19.3 Å². The maximum Gasteiger partial charge on any atom is 0.342 e. The minimum atomic E-state index is -0.543. The van der Waals surface area contributed by atoms with Crippen molar-refractivity contribution in [1.82, 2.24) is 9.97 Å². The zero-order valence-electron chi connectivity index (χ0n) is 19.4. The number of aliphatic hydroxyl groups is 1. The van der Waals surface area contributed by atoms with Gasteiger partial charge in [-0.2, -0.15) is 0 Å². The molecule has 34 heavy (non-hydrogen) atoms. The predicted octanol–water partition coefficient (Wildman–Crippen LogP) is 4.69. The molecular weight excluding hydrogens is 432 g/mol. The van der Waals surface area contributed by atoms with Crippen molar-refractivity contribution in [3.05, 3.63) is 72.1 Å². The number of benzene rings is 2. The fraction of sp³-hybridized carbons (Fsp3) is 0.222. The number of fused-ring (bicyclic) bond motifs is 1. The van der Waals surface area contributed by atoms with Gasteiger partial charge in [0.25, 0.3) is 0 Å². The first kappa shape index (κ1) is 23.2. The third-order valence-electron chi connectivity index (χ3n) is 5.70. The van der Waals surface area contributed by atoms with E-state index >= 15 is 0 Å². The monoisotopic (exact) mass is 458 g/mol. The van der Waals surface area contributed by atoms with Gasteiger partial charge in [0.1, 0.15) is 16.8 Å². The molecule has 0 radical (unpaired) electrons. The van der Waals surface area contributed by atoms with Crippen LogP contribution in [0.5, 0.6) is 11.5 Å². The molecule has 0 spiro atoms. The number of methoxy groups -OCH3 is 3. The molecule has 0 aliphatic rings. The quantitative estimate of drug-likeness (QED) is 0.383. The molecule has 0 bridgehead atoms. The molecule has 2 aromatic heterocycles. The third kappa shape index (κ3) is 4.43. The summed E-state index contributed by atoms with van der Waals surface area (Å²) in [5.41, 5.74) is 5.36. The maximum atomic E-state index is 12.7. The van der Waals surface area contributed by atoms with Gasteiger partial charge in [0.05, 0.1) is 27.5 Å². The Morgan fingerprint density at radius 2 is 1.53 bits per heavy atom. The summed E-state index contributed by atoms with van der Waals surface area (Å²) in [4.78, 5) is 21.7. The van der Waals surface area contributed by atoms with E-state index in [9.17, 15) is 4.79 Å². The van der Waals surface area contributed by atoms with E-state index in [1.165, 1.54) is 26.9 Å². The minimum Gasteiger partial charge on any atom is -0.494 e. The van der Waals surface area contributed by atoms with Crippen molar-refractivity contribution in [3.8, 4) is 33.9 Å². The van der Waals surface area contributed by atoms with Crippen molar-refractivity contribution in [2.45, 2.75) is 12.8 Å². The maximum absolute atomic E-state index is 12.7. The highest BCUT2D eigenvalue weighted by Gasteiger charge is 2.25. The standard InChI is InChI=1S/C27H26N2O5/c1-32-22-16-28-15-21-23(27(31)34-3)26(33-2)24(29-25(21)22)20-12-10-19(11-13-20)18-8-6-17(7-9-18)5-4-14-30/h6-13,15-16,30H,4-5,14H2,1-3H3. The van der Waals surface area contributed by atoms with Crippen LogP contribution in [-0.2, 0) is 11.2 Å². The molecule has 174 valence electrons. The summed E-state index contributed by atoms with van der Waals surface area (Å²) in [7, 11) is 4.36. The van der Waals surface area contributed by atoms with Crippen molar-refractivity contribution in [2.24, 2.45) is 0 Å². The van der Waals surface area contributed by atoms with E-state index in [1.807, 2.05) is 24.3 Å². The lowest BCUT2D eigenvalue weighted by Gasteiger charge is -2.16. The molecule has 1 N–H and O–H groups in total. The average Bonchev–Trinajstić information content (AvgIpc) is 2.90. The summed E-state index contributed by atoms with van der Waals surface area (Å²) < 4.78 is 16.1. The van der Waals surface area contributed by atoms with Gasteiger partial charge in [-0.15, -0.1) is 0 Å². The number of hydrogen-bond acceptors (Lipinski definition) is 7. The molecule has 0 atom stereocenters. The summed E-state index contributed by atoms with van der Waals surface area (Å²) in [6.45, 7) is 0.190. The summed E-state index contributed by atoms with van der Waals surface area (Å²) in [6, 6.07) is 16.2. The second-order valence-corrected chi connectivity index (χ2v) is 7.70. The van der Waals surface area contributed by atoms with Crippen LogP contribution in [0, 0.1) is 0 Å². The number of rotatable bonds is 8. The number of nitrogens with zero attached hydrogens (tertiary/aromatic N) is 2. The number of esters is 1. The Bertz CT molecular complexity index is 1300. The van der Waals surface area contributed by atoms with E-state index in [4.69, 9.17) is 24.3 Å². The second-order valence-electron chi connectivity index (χ2n) is 7.70. The van der Waals surface area contributed by atoms with Crippen molar-refractivity contribution in [3.63, 3.8) is 0 Å². The number of aliphatic hydroxyl groups excluding tert-OH is 1. The van der Waals surface area contributed by atoms with E-state index in [0.717, 1.165) is 29.5 Å². The first-order chi connectivity index (χ1) is 16.6. The van der Waals surface area contributed by atoms with Crippen molar-refractivity contribution < 1.29 is 24.1 Å². The van der Waals surface area contributed by atoms with Crippen LogP contribution < -0.4 is 9.47 Å². The number of hydrogen-bond donors (Lipinski definition) is 1. The molecule has 0 amide bonds. The fourth-order valence-corrected chi connectivity index (χ4v) is 3.95. The predicted molar refractivity (Wildman–Crippen MR) is 130 cm³/mol. The van der Waals surface area contributed by atoms with Gasteiger partial charge in [-0.25, -0.2) is 9.78 Å². The molecular formula is C27H26N2O5. The number of carbonyl (C=O) groups excluding carboxylic acids is 1. The van der Waals surface area contributed by atoms with Crippen molar-refractivity contribution >= 4 is 16.9 Å². The van der Waals surface area contributed by atoms with Gasteiger partial charge >= 0.3 is 5.97 Å². The molecule has 0 aliphatic carbocycles. The number of pyridine rings is 2. The second kappa shape index (κ2) is 10.3. The van der Waals surface area contributed by atoms with Gasteiger partial charge in [-0.3, -0.25) is 4.98 Å². The lowest BCUT2D eigenvalue weighted by atomic mass is 9.99. The van der Waals surface area contributed by atoms with Crippen molar-refractivity contribution in [2.75, 3.05) is 27.9 Å². The summed E-state index contributed by atoms with van der Waals surface area (Å²) in [6.07, 6.45) is 4.71. The molecule has 4 rings (SSSR count). The lowest BCUT2D eigenvalue weighted by molar-refractivity contribution is 0.0599. The molecule has 0 saturated carbocycles. The number of aromatic nitrogens is 2. The molecule has 0 aliphatic heterocycles. The molecule has 2 aromatic carbocycles. The molecule has 2 heterocycles. The fourth-order valence-electron chi connectivity index (χ4n) is 3.95. The number of aryl methyl sites for hydroxylation is 1. The Morgan fingerprint density at radius 1 is 0.882 bits per heavy atom. The van der Waals surface area contributed by atoms with E-state index in [1.54, 1.807) is 12.4 Å². The third-order valence-corrected chi connectivity index (χ3v) is 5.70. The van der Waals surface area contributed by atoms with Gasteiger partial charge in [0, 0.05) is 23.8 Å². The van der Waals surface area contributed by atoms with Crippen LogP contribution in [0.3, 0.4) is 0 Å². The summed E-state index contributed by atoms with van der Waals surface area (Å²) in [5, 5.41) is 9.51. The van der Waals surface area contributed by atoms with Gasteiger partial charge in [0.15, 0.2) is 11.5 Å². The van der Waals surface area contributed by atoms with E-state index < -0.39 is 5.97 Å². The Balaban J connectivity index is 1.79. The lowest BCUT2D eigenvalue weighted by Crippen LogP contribution is -2.08. The molecule has 7 heteroatoms. The molecule has 0 unspecified atom stereocenters. The Morgan fingerprint density at radius 3 is 2.12 bits per heavy atom. The van der Waals surface area contributed by atoms with E-state index in [0.29, 0.717) is 28.1 Å². The highest BCUT2D eigenvalue weighted by Crippen LogP contribution is 2.39. The van der Waals surface area contributed by atoms with Crippen LogP contribution in [0.15, 0.2) is 60.9 Å². The van der Waals surface area contributed by atoms with E-state index in [2.05, 4.69) is 29.2 Å². The smallest absolute Gasteiger partial charge is 0.342 e. The normalized spacial score (nSPS) is 10.8. The van der Waals surface area contributed by atoms with Gasteiger partial charge in [-0.05, 0) is 29.5 Å². The summed E-state index contributed by atoms with van der Waals surface area (Å²) in [5.74, 6) is 0.221. The Kier molecular flexibility index (Phi) is 7.04. The van der Waals surface area contributed by atoms with Crippen LogP contribution in [-0.4, -0.2) is 49.0 Å². The van der Waals surface area contributed by atoms with Crippen LogP contribution in [0.4, 0.5) is 0 Å². The zero-order chi connectivity index (χ0) is 24.1. The Hall–Kier alpha value is -3.97. The number of carbonyl (C=O) groups is 1. The first-order valence-corrected chi connectivity index (χ1v) is 10.9. The average molecular weight is 459 g/mol. The highest BCUT2D eigenvalue weighted by molar-refractivity contribution is 6.09. The molecule has 0 saturated heterocycles.